The zero-order chi connectivity index (χ0) is 19.6. The molecule has 2 aliphatic rings. The van der Waals surface area contributed by atoms with Crippen molar-refractivity contribution in [1.82, 2.24) is 24.7 Å². The number of likely N-dealkylation sites (N-methyl/N-ethyl adjacent to an activating group) is 1. The normalized spacial score (nSPS) is 20.9. The molecule has 4 rings (SSSR count). The van der Waals surface area contributed by atoms with E-state index in [0.29, 0.717) is 0 Å². The van der Waals surface area contributed by atoms with Gasteiger partial charge in [0.2, 0.25) is 0 Å². The number of aryl methyl sites for hydroxylation is 1. The Kier molecular flexibility index (Phi) is 5.40. The van der Waals surface area contributed by atoms with Crippen LogP contribution < -0.4 is 5.32 Å². The summed E-state index contributed by atoms with van der Waals surface area (Å²) >= 11 is 0. The molecule has 150 valence electrons. The molecule has 6 nitrogen and oxygen atoms in total. The van der Waals surface area contributed by atoms with Crippen molar-refractivity contribution >= 4 is 6.03 Å². The van der Waals surface area contributed by atoms with Crippen LogP contribution in [0.2, 0.25) is 0 Å². The van der Waals surface area contributed by atoms with Gasteiger partial charge in [0.05, 0.1) is 0 Å². The molecular formula is C22H31N5O. The quantitative estimate of drug-likeness (QED) is 0.802. The maximum Gasteiger partial charge on any atom is 0.317 e. The summed E-state index contributed by atoms with van der Waals surface area (Å²) in [5, 5.41) is 3.19. The van der Waals surface area contributed by atoms with Crippen LogP contribution in [0.3, 0.4) is 0 Å². The molecule has 1 aliphatic carbocycles. The van der Waals surface area contributed by atoms with E-state index in [0.717, 1.165) is 45.0 Å². The average molecular weight is 382 g/mol. The molecule has 0 radical (unpaired) electrons. The number of hydrogen-bond donors (Lipinski definition) is 1. The number of carbonyl (C=O) groups excluding carboxylic acids is 1. The highest BCUT2D eigenvalue weighted by atomic mass is 16.2. The maximum absolute atomic E-state index is 12.7. The topological polar surface area (TPSA) is 53.4 Å². The summed E-state index contributed by atoms with van der Waals surface area (Å²) in [7, 11) is 1.94. The first kappa shape index (κ1) is 19.0. The van der Waals surface area contributed by atoms with Crippen LogP contribution in [0, 0.1) is 12.3 Å². The molecule has 2 amide bonds. The van der Waals surface area contributed by atoms with Crippen LogP contribution in [0.25, 0.3) is 0 Å². The van der Waals surface area contributed by atoms with Gasteiger partial charge in [-0.3, -0.25) is 4.90 Å². The number of hydrogen-bond acceptors (Lipinski definition) is 3. The van der Waals surface area contributed by atoms with Crippen LogP contribution in [0.1, 0.15) is 30.7 Å². The number of likely N-dealkylation sites (tertiary alicyclic amines) is 1. The van der Waals surface area contributed by atoms with Crippen LogP contribution in [-0.2, 0) is 13.1 Å². The Hall–Kier alpha value is -2.34. The highest BCUT2D eigenvalue weighted by Gasteiger charge is 2.43. The molecule has 2 fully saturated rings. The third-order valence-electron chi connectivity index (χ3n) is 6.37. The minimum Gasteiger partial charge on any atom is -0.337 e. The Morgan fingerprint density at radius 1 is 1.32 bits per heavy atom. The minimum absolute atomic E-state index is 0.0557. The standard InChI is InChI=1S/C22H31N5O/c1-18-23-11-13-27(18)17-22(9-10-22)16-24-21(28)25(2)20-8-12-26(15-20)14-19-6-4-3-5-7-19/h3-7,11,13,20H,8-10,12,14-17H2,1-2H3,(H,24,28)/t20-/m1/s1. The number of amides is 2. The summed E-state index contributed by atoms with van der Waals surface area (Å²) in [5.41, 5.74) is 1.54. The van der Waals surface area contributed by atoms with Gasteiger partial charge < -0.3 is 14.8 Å². The number of imidazole rings is 1. The van der Waals surface area contributed by atoms with Crippen molar-refractivity contribution in [2.24, 2.45) is 5.41 Å². The third kappa shape index (κ3) is 4.38. The Balaban J connectivity index is 1.24. The lowest BCUT2D eigenvalue weighted by molar-refractivity contribution is 0.185. The number of urea groups is 1. The lowest BCUT2D eigenvalue weighted by Crippen LogP contribution is -2.46. The van der Waals surface area contributed by atoms with E-state index in [9.17, 15) is 4.79 Å². The van der Waals surface area contributed by atoms with Crippen molar-refractivity contribution in [2.45, 2.75) is 45.3 Å². The van der Waals surface area contributed by atoms with Crippen molar-refractivity contribution < 1.29 is 4.79 Å². The molecular weight excluding hydrogens is 350 g/mol. The highest BCUT2D eigenvalue weighted by molar-refractivity contribution is 5.74. The molecule has 0 spiro atoms. The lowest BCUT2D eigenvalue weighted by Gasteiger charge is -2.27. The van der Waals surface area contributed by atoms with Gasteiger partial charge in [-0.25, -0.2) is 9.78 Å². The van der Waals surface area contributed by atoms with Gasteiger partial charge in [-0.05, 0) is 31.7 Å². The minimum atomic E-state index is 0.0557. The van der Waals surface area contributed by atoms with E-state index in [-0.39, 0.29) is 17.5 Å². The lowest BCUT2D eigenvalue weighted by atomic mass is 10.1. The zero-order valence-electron chi connectivity index (χ0n) is 17.0. The second-order valence-electron chi connectivity index (χ2n) is 8.54. The van der Waals surface area contributed by atoms with Gasteiger partial charge in [0.25, 0.3) is 0 Å². The molecule has 0 bridgehead atoms. The Morgan fingerprint density at radius 3 is 2.79 bits per heavy atom. The number of aromatic nitrogens is 2. The molecule has 0 unspecified atom stereocenters. The van der Waals surface area contributed by atoms with Crippen molar-refractivity contribution in [1.29, 1.82) is 0 Å². The smallest absolute Gasteiger partial charge is 0.317 e. The molecule has 1 atom stereocenters. The van der Waals surface area contributed by atoms with Crippen LogP contribution in [0.15, 0.2) is 42.7 Å². The predicted molar refractivity (Wildman–Crippen MR) is 110 cm³/mol. The highest BCUT2D eigenvalue weighted by Crippen LogP contribution is 2.46. The molecule has 2 heterocycles. The predicted octanol–water partition coefficient (Wildman–Crippen LogP) is 2.89. The van der Waals surface area contributed by atoms with E-state index in [1.165, 1.54) is 18.4 Å². The van der Waals surface area contributed by atoms with Gasteiger partial charge in [-0.2, -0.15) is 0 Å². The number of rotatable bonds is 7. The van der Waals surface area contributed by atoms with Crippen LogP contribution >= 0.6 is 0 Å². The molecule has 1 aromatic heterocycles. The molecule has 1 aromatic carbocycles. The van der Waals surface area contributed by atoms with Gasteiger partial charge in [0.1, 0.15) is 5.82 Å². The summed E-state index contributed by atoms with van der Waals surface area (Å²) < 4.78 is 2.20. The van der Waals surface area contributed by atoms with Crippen LogP contribution in [0.4, 0.5) is 4.79 Å². The van der Waals surface area contributed by atoms with E-state index in [1.54, 1.807) is 0 Å². The number of nitrogens with one attached hydrogen (secondary N) is 1. The summed E-state index contributed by atoms with van der Waals surface area (Å²) in [6, 6.07) is 10.9. The largest absolute Gasteiger partial charge is 0.337 e. The van der Waals surface area contributed by atoms with Gasteiger partial charge in [0, 0.05) is 63.6 Å². The average Bonchev–Trinajstić information content (AvgIpc) is 3.10. The fraction of sp³-hybridized carbons (Fsp3) is 0.545. The number of carbonyl (C=O) groups is 1. The second-order valence-corrected chi connectivity index (χ2v) is 8.54. The Morgan fingerprint density at radius 2 is 2.11 bits per heavy atom. The van der Waals surface area contributed by atoms with E-state index in [2.05, 4.69) is 50.1 Å². The van der Waals surface area contributed by atoms with Crippen LogP contribution in [-0.4, -0.2) is 58.1 Å². The first-order chi connectivity index (χ1) is 13.5. The van der Waals surface area contributed by atoms with Crippen molar-refractivity contribution in [3.05, 3.63) is 54.1 Å². The second kappa shape index (κ2) is 7.95. The van der Waals surface area contributed by atoms with Gasteiger partial charge in [-0.1, -0.05) is 30.3 Å². The summed E-state index contributed by atoms with van der Waals surface area (Å²) in [6.07, 6.45) is 7.25. The van der Waals surface area contributed by atoms with Crippen LogP contribution in [0.5, 0.6) is 0 Å². The molecule has 1 aliphatic heterocycles. The van der Waals surface area contributed by atoms with Crippen molar-refractivity contribution in [3.8, 4) is 0 Å². The summed E-state index contributed by atoms with van der Waals surface area (Å²) in [4.78, 5) is 21.4. The first-order valence-corrected chi connectivity index (χ1v) is 10.3. The molecule has 1 N–H and O–H groups in total. The molecule has 2 aromatic rings. The fourth-order valence-electron chi connectivity index (χ4n) is 4.17. The SMILES string of the molecule is Cc1nccn1CC1(CNC(=O)N(C)[C@@H]2CCN(Cc3ccccc3)C2)CC1. The zero-order valence-corrected chi connectivity index (χ0v) is 17.0. The first-order valence-electron chi connectivity index (χ1n) is 10.3. The van der Waals surface area contributed by atoms with Gasteiger partial charge in [-0.15, -0.1) is 0 Å². The summed E-state index contributed by atoms with van der Waals surface area (Å²) in [6.45, 7) is 6.66. The third-order valence-corrected chi connectivity index (χ3v) is 6.37. The summed E-state index contributed by atoms with van der Waals surface area (Å²) in [5.74, 6) is 1.04. The number of nitrogens with zero attached hydrogens (tertiary/aromatic N) is 4. The van der Waals surface area contributed by atoms with Crippen molar-refractivity contribution in [2.75, 3.05) is 26.7 Å². The van der Waals surface area contributed by atoms with E-state index >= 15 is 0 Å². The Bertz CT molecular complexity index is 798. The fourth-order valence-corrected chi connectivity index (χ4v) is 4.17. The van der Waals surface area contributed by atoms with E-state index in [1.807, 2.05) is 31.3 Å². The number of benzene rings is 1. The van der Waals surface area contributed by atoms with Gasteiger partial charge in [0.15, 0.2) is 0 Å². The molecule has 1 saturated carbocycles. The molecule has 1 saturated heterocycles. The molecule has 6 heteroatoms. The maximum atomic E-state index is 12.7. The van der Waals surface area contributed by atoms with Crippen molar-refractivity contribution in [3.63, 3.8) is 0 Å². The molecule has 28 heavy (non-hydrogen) atoms. The Labute approximate surface area is 167 Å². The van der Waals surface area contributed by atoms with Gasteiger partial charge >= 0.3 is 6.03 Å². The van der Waals surface area contributed by atoms with E-state index < -0.39 is 0 Å². The van der Waals surface area contributed by atoms with E-state index in [4.69, 9.17) is 0 Å². The monoisotopic (exact) mass is 381 g/mol.